The number of likely N-dealkylation sites (tertiary alicyclic amines) is 1. The van der Waals surface area contributed by atoms with Crippen LogP contribution in [0.15, 0.2) is 48.8 Å². The van der Waals surface area contributed by atoms with Gasteiger partial charge < -0.3 is 19.5 Å². The first-order chi connectivity index (χ1) is 14.7. The fourth-order valence-electron chi connectivity index (χ4n) is 3.93. The van der Waals surface area contributed by atoms with Crippen LogP contribution in [0.3, 0.4) is 0 Å². The van der Waals surface area contributed by atoms with Crippen LogP contribution < -0.4 is 5.32 Å². The fourth-order valence-corrected chi connectivity index (χ4v) is 3.93. The number of fused-ring (bicyclic) bond motifs is 1. The average molecular weight is 406 g/mol. The van der Waals surface area contributed by atoms with Crippen molar-refractivity contribution in [1.29, 1.82) is 0 Å². The molecule has 0 radical (unpaired) electrons. The summed E-state index contributed by atoms with van der Waals surface area (Å²) in [6.45, 7) is 2.20. The van der Waals surface area contributed by atoms with E-state index in [0.717, 1.165) is 44.4 Å². The van der Waals surface area contributed by atoms with Crippen molar-refractivity contribution >= 4 is 28.5 Å². The Morgan fingerprint density at radius 1 is 1.13 bits per heavy atom. The van der Waals surface area contributed by atoms with Gasteiger partial charge in [0.2, 0.25) is 5.91 Å². The third-order valence-corrected chi connectivity index (χ3v) is 5.38. The largest absolute Gasteiger partial charge is 0.375 e. The molecule has 30 heavy (non-hydrogen) atoms. The van der Waals surface area contributed by atoms with E-state index in [4.69, 9.17) is 4.74 Å². The summed E-state index contributed by atoms with van der Waals surface area (Å²) in [4.78, 5) is 31.7. The molecule has 0 unspecified atom stereocenters. The van der Waals surface area contributed by atoms with Crippen LogP contribution in [0, 0.1) is 0 Å². The second-order valence-corrected chi connectivity index (χ2v) is 7.55. The van der Waals surface area contributed by atoms with Gasteiger partial charge in [0.1, 0.15) is 6.61 Å². The summed E-state index contributed by atoms with van der Waals surface area (Å²) >= 11 is 0. The van der Waals surface area contributed by atoms with Gasteiger partial charge in [-0.2, -0.15) is 0 Å². The maximum Gasteiger partial charge on any atom is 0.256 e. The van der Waals surface area contributed by atoms with E-state index in [1.54, 1.807) is 12.4 Å². The Hall–Kier alpha value is -3.19. The molecule has 1 aromatic heterocycles. The Morgan fingerprint density at radius 3 is 2.63 bits per heavy atom. The molecule has 4 rings (SSSR count). The summed E-state index contributed by atoms with van der Waals surface area (Å²) in [5.74, 6) is -0.276. The van der Waals surface area contributed by atoms with Gasteiger partial charge in [-0.3, -0.25) is 9.59 Å². The van der Waals surface area contributed by atoms with E-state index in [0.29, 0.717) is 16.8 Å². The van der Waals surface area contributed by atoms with Gasteiger partial charge in [-0.15, -0.1) is 0 Å². The highest BCUT2D eigenvalue weighted by Crippen LogP contribution is 2.26. The Labute approximate surface area is 175 Å². The maximum atomic E-state index is 13.3. The van der Waals surface area contributed by atoms with Crippen LogP contribution in [0.25, 0.3) is 11.0 Å². The standard InChI is InChI=1S/C23H26N4O3/c1-30-15-21(28)25-18-13-19(23(29)26-10-5-6-11-26)22-20(14-18)24-16-27(22)12-9-17-7-3-2-4-8-17/h2-4,7-8,13-14,16H,5-6,9-12,15H2,1H3,(H,25,28). The number of carbonyl (C=O) groups is 2. The van der Waals surface area contributed by atoms with E-state index in [2.05, 4.69) is 22.4 Å². The second-order valence-electron chi connectivity index (χ2n) is 7.55. The molecule has 3 aromatic rings. The number of carbonyl (C=O) groups excluding carboxylic acids is 2. The zero-order valence-corrected chi connectivity index (χ0v) is 17.1. The van der Waals surface area contributed by atoms with Gasteiger partial charge in [-0.1, -0.05) is 30.3 Å². The molecule has 7 heteroatoms. The van der Waals surface area contributed by atoms with Crippen LogP contribution in [0.1, 0.15) is 28.8 Å². The van der Waals surface area contributed by atoms with Crippen LogP contribution in [-0.4, -0.2) is 53.1 Å². The number of aryl methyl sites for hydroxylation is 2. The number of amides is 2. The van der Waals surface area contributed by atoms with Gasteiger partial charge in [0.25, 0.3) is 5.91 Å². The molecule has 1 N–H and O–H groups in total. The molecule has 0 spiro atoms. The molecule has 1 aliphatic heterocycles. The van der Waals surface area contributed by atoms with Gasteiger partial charge in [-0.25, -0.2) is 4.98 Å². The quantitative estimate of drug-likeness (QED) is 0.654. The van der Waals surface area contributed by atoms with Gasteiger partial charge >= 0.3 is 0 Å². The van der Waals surface area contributed by atoms with Crippen LogP contribution in [0.4, 0.5) is 5.69 Å². The van der Waals surface area contributed by atoms with E-state index in [9.17, 15) is 9.59 Å². The van der Waals surface area contributed by atoms with Crippen LogP contribution in [0.2, 0.25) is 0 Å². The van der Waals surface area contributed by atoms with Crippen LogP contribution in [-0.2, 0) is 22.5 Å². The fraction of sp³-hybridized carbons (Fsp3) is 0.348. The second kappa shape index (κ2) is 9.09. The lowest BCUT2D eigenvalue weighted by Crippen LogP contribution is -2.28. The lowest BCUT2D eigenvalue weighted by Gasteiger charge is -2.18. The van der Waals surface area contributed by atoms with E-state index < -0.39 is 0 Å². The highest BCUT2D eigenvalue weighted by molar-refractivity contribution is 6.07. The van der Waals surface area contributed by atoms with Crippen molar-refractivity contribution in [2.45, 2.75) is 25.8 Å². The summed E-state index contributed by atoms with van der Waals surface area (Å²) in [6.07, 6.45) is 4.66. The minimum Gasteiger partial charge on any atom is -0.375 e. The third kappa shape index (κ3) is 4.36. The first-order valence-corrected chi connectivity index (χ1v) is 10.3. The first kappa shape index (κ1) is 20.1. The molecule has 0 atom stereocenters. The van der Waals surface area contributed by atoms with E-state index in [-0.39, 0.29) is 18.4 Å². The minimum absolute atomic E-state index is 0.0122. The normalized spacial score (nSPS) is 13.7. The third-order valence-electron chi connectivity index (χ3n) is 5.38. The van der Waals surface area contributed by atoms with Crippen LogP contribution in [0.5, 0.6) is 0 Å². The Morgan fingerprint density at radius 2 is 1.90 bits per heavy atom. The van der Waals surface area contributed by atoms with E-state index in [1.807, 2.05) is 33.7 Å². The van der Waals surface area contributed by atoms with Crippen molar-refractivity contribution in [1.82, 2.24) is 14.5 Å². The molecular formula is C23H26N4O3. The number of rotatable bonds is 7. The Balaban J connectivity index is 1.69. The molecule has 2 aromatic carbocycles. The number of ether oxygens (including phenoxy) is 1. The summed E-state index contributed by atoms with van der Waals surface area (Å²) < 4.78 is 6.93. The average Bonchev–Trinajstić information content (AvgIpc) is 3.42. The lowest BCUT2D eigenvalue weighted by molar-refractivity contribution is -0.119. The van der Waals surface area contributed by atoms with Gasteiger partial charge in [0.15, 0.2) is 0 Å². The number of anilines is 1. The molecule has 7 nitrogen and oxygen atoms in total. The molecule has 156 valence electrons. The number of hydrogen-bond donors (Lipinski definition) is 1. The number of imidazole rings is 1. The summed E-state index contributed by atoms with van der Waals surface area (Å²) in [6, 6.07) is 13.8. The predicted octanol–water partition coefficient (Wildman–Crippen LogP) is 3.10. The molecule has 1 aliphatic rings. The number of nitrogens with zero attached hydrogens (tertiary/aromatic N) is 3. The molecule has 0 bridgehead atoms. The van der Waals surface area contributed by atoms with Crippen molar-refractivity contribution in [3.05, 3.63) is 59.9 Å². The Kier molecular flexibility index (Phi) is 6.09. The van der Waals surface area contributed by atoms with Crippen molar-refractivity contribution in [2.24, 2.45) is 0 Å². The summed E-state index contributed by atoms with van der Waals surface area (Å²) in [7, 11) is 1.47. The zero-order chi connectivity index (χ0) is 20.9. The van der Waals surface area contributed by atoms with Crippen LogP contribution >= 0.6 is 0 Å². The number of aromatic nitrogens is 2. The zero-order valence-electron chi connectivity index (χ0n) is 17.1. The van der Waals surface area contributed by atoms with E-state index >= 15 is 0 Å². The molecule has 2 amide bonds. The maximum absolute atomic E-state index is 13.3. The molecular weight excluding hydrogens is 380 g/mol. The number of methoxy groups -OCH3 is 1. The number of hydrogen-bond acceptors (Lipinski definition) is 4. The number of nitrogens with one attached hydrogen (secondary N) is 1. The van der Waals surface area contributed by atoms with Crippen molar-refractivity contribution in [3.8, 4) is 0 Å². The molecule has 2 heterocycles. The molecule has 1 fully saturated rings. The first-order valence-electron chi connectivity index (χ1n) is 10.3. The monoisotopic (exact) mass is 406 g/mol. The smallest absolute Gasteiger partial charge is 0.256 e. The van der Waals surface area contributed by atoms with Crippen molar-refractivity contribution in [3.63, 3.8) is 0 Å². The molecule has 0 saturated carbocycles. The highest BCUT2D eigenvalue weighted by atomic mass is 16.5. The summed E-state index contributed by atoms with van der Waals surface area (Å²) in [5.41, 5.74) is 3.87. The Bertz CT molecular complexity index is 1040. The topological polar surface area (TPSA) is 76.5 Å². The van der Waals surface area contributed by atoms with Crippen molar-refractivity contribution in [2.75, 3.05) is 32.1 Å². The predicted molar refractivity (Wildman–Crippen MR) is 116 cm³/mol. The van der Waals surface area contributed by atoms with Gasteiger partial charge in [0, 0.05) is 32.4 Å². The SMILES string of the molecule is COCC(=O)Nc1cc(C(=O)N2CCCC2)c2c(c1)ncn2CCc1ccccc1. The van der Waals surface area contributed by atoms with Gasteiger partial charge in [0.05, 0.1) is 22.9 Å². The lowest BCUT2D eigenvalue weighted by atomic mass is 10.1. The molecule has 1 saturated heterocycles. The van der Waals surface area contributed by atoms with Gasteiger partial charge in [-0.05, 0) is 37.0 Å². The van der Waals surface area contributed by atoms with E-state index in [1.165, 1.54) is 12.7 Å². The molecule has 0 aliphatic carbocycles. The minimum atomic E-state index is -0.264. The van der Waals surface area contributed by atoms with Crippen molar-refractivity contribution < 1.29 is 14.3 Å². The number of benzene rings is 2. The highest BCUT2D eigenvalue weighted by Gasteiger charge is 2.24. The summed E-state index contributed by atoms with van der Waals surface area (Å²) in [5, 5.41) is 2.80.